The van der Waals surface area contributed by atoms with Crippen LogP contribution >= 0.6 is 23.4 Å². The van der Waals surface area contributed by atoms with Crippen molar-refractivity contribution in [1.82, 2.24) is 10.2 Å². The Labute approximate surface area is 215 Å². The highest BCUT2D eigenvalue weighted by atomic mass is 35.5. The third-order valence-corrected chi connectivity index (χ3v) is 7.17. The number of nitrogens with one attached hydrogen (secondary N) is 1. The third kappa shape index (κ3) is 7.44. The van der Waals surface area contributed by atoms with E-state index in [9.17, 15) is 9.59 Å². The van der Waals surface area contributed by atoms with E-state index in [4.69, 9.17) is 16.6 Å². The molecule has 4 rings (SSSR count). The Morgan fingerprint density at radius 1 is 0.943 bits per heavy atom. The summed E-state index contributed by atoms with van der Waals surface area (Å²) in [5.74, 6) is -0.209. The summed E-state index contributed by atoms with van der Waals surface area (Å²) in [6.45, 7) is 1.08. The Bertz CT molecular complexity index is 1150. The van der Waals surface area contributed by atoms with Gasteiger partial charge in [0, 0.05) is 24.5 Å². The molecule has 5 nitrogen and oxygen atoms in total. The summed E-state index contributed by atoms with van der Waals surface area (Å²) >= 11 is 7.37. The molecule has 1 unspecified atom stereocenters. The number of aryl methyl sites for hydroxylation is 1. The standard InChI is InChI=1S/C28H28ClN3O2S/c29-23-13-15-24(16-14-23)31-28-32(19-7-12-21-8-3-1-4-9-21)26(33)20-25(35-28)27(34)30-18-17-22-10-5-2-6-11-22/h1-6,8-11,13-16,25H,7,12,17-20H2,(H,30,34). The van der Waals surface area contributed by atoms with E-state index in [1.807, 2.05) is 60.7 Å². The van der Waals surface area contributed by atoms with E-state index in [-0.39, 0.29) is 18.2 Å². The molecule has 2 amide bonds. The molecule has 0 spiro atoms. The topological polar surface area (TPSA) is 61.8 Å². The van der Waals surface area contributed by atoms with Crippen LogP contribution in [0.4, 0.5) is 5.69 Å². The predicted molar refractivity (Wildman–Crippen MR) is 144 cm³/mol. The first-order valence-electron chi connectivity index (χ1n) is 11.8. The Morgan fingerprint density at radius 2 is 1.57 bits per heavy atom. The SMILES string of the molecule is O=C(NCCc1ccccc1)C1CC(=O)N(CCCc2ccccc2)C(=Nc2ccc(Cl)cc2)S1. The van der Waals surface area contributed by atoms with Gasteiger partial charge >= 0.3 is 0 Å². The highest BCUT2D eigenvalue weighted by Gasteiger charge is 2.35. The van der Waals surface area contributed by atoms with E-state index in [0.717, 1.165) is 24.8 Å². The molecule has 1 saturated heterocycles. The number of aliphatic imine (C=N–C) groups is 1. The van der Waals surface area contributed by atoms with E-state index in [1.54, 1.807) is 17.0 Å². The smallest absolute Gasteiger partial charge is 0.234 e. The fourth-order valence-electron chi connectivity index (χ4n) is 3.86. The molecular weight excluding hydrogens is 478 g/mol. The average Bonchev–Trinajstić information content (AvgIpc) is 2.88. The molecule has 1 atom stereocenters. The van der Waals surface area contributed by atoms with Crippen LogP contribution in [0.5, 0.6) is 0 Å². The summed E-state index contributed by atoms with van der Waals surface area (Å²) in [6, 6.07) is 27.4. The summed E-state index contributed by atoms with van der Waals surface area (Å²) in [6.07, 6.45) is 2.58. The Balaban J connectivity index is 1.42. The Morgan fingerprint density at radius 3 is 2.23 bits per heavy atom. The van der Waals surface area contributed by atoms with Crippen LogP contribution in [-0.2, 0) is 22.4 Å². The zero-order chi connectivity index (χ0) is 24.5. The van der Waals surface area contributed by atoms with Crippen molar-refractivity contribution in [3.05, 3.63) is 101 Å². The number of amides is 2. The number of thioether (sulfide) groups is 1. The van der Waals surface area contributed by atoms with Gasteiger partial charge in [-0.2, -0.15) is 0 Å². The number of carbonyl (C=O) groups is 2. The minimum Gasteiger partial charge on any atom is -0.355 e. The number of benzene rings is 3. The van der Waals surface area contributed by atoms with Gasteiger partial charge < -0.3 is 5.32 Å². The first-order valence-corrected chi connectivity index (χ1v) is 13.0. The highest BCUT2D eigenvalue weighted by Crippen LogP contribution is 2.30. The lowest BCUT2D eigenvalue weighted by Crippen LogP contribution is -2.47. The molecule has 7 heteroatoms. The van der Waals surface area contributed by atoms with Gasteiger partial charge in [-0.1, -0.05) is 84.0 Å². The number of rotatable bonds is 9. The van der Waals surface area contributed by atoms with Gasteiger partial charge in [-0.25, -0.2) is 4.99 Å². The second-order valence-electron chi connectivity index (χ2n) is 8.34. The number of amidine groups is 1. The van der Waals surface area contributed by atoms with Crippen molar-refractivity contribution < 1.29 is 9.59 Å². The molecule has 0 saturated carbocycles. The number of carbonyl (C=O) groups excluding carboxylic acids is 2. The minimum atomic E-state index is -0.505. The van der Waals surface area contributed by atoms with Gasteiger partial charge in [-0.15, -0.1) is 0 Å². The van der Waals surface area contributed by atoms with Gasteiger partial charge in [0.1, 0.15) is 0 Å². The number of nitrogens with zero attached hydrogens (tertiary/aromatic N) is 2. The van der Waals surface area contributed by atoms with Crippen LogP contribution < -0.4 is 5.32 Å². The number of halogens is 1. The fraction of sp³-hybridized carbons (Fsp3) is 0.250. The Kier molecular flexibility index (Phi) is 8.98. The molecule has 180 valence electrons. The van der Waals surface area contributed by atoms with E-state index in [2.05, 4.69) is 17.4 Å². The van der Waals surface area contributed by atoms with Crippen molar-refractivity contribution in [2.45, 2.75) is 30.9 Å². The van der Waals surface area contributed by atoms with Gasteiger partial charge in [0.25, 0.3) is 0 Å². The van der Waals surface area contributed by atoms with E-state index in [0.29, 0.717) is 29.0 Å². The highest BCUT2D eigenvalue weighted by molar-refractivity contribution is 8.15. The van der Waals surface area contributed by atoms with Crippen molar-refractivity contribution >= 4 is 46.0 Å². The lowest BCUT2D eigenvalue weighted by atomic mass is 10.1. The molecule has 0 aliphatic carbocycles. The zero-order valence-electron chi connectivity index (χ0n) is 19.4. The summed E-state index contributed by atoms with van der Waals surface area (Å²) in [5, 5.41) is 3.66. The Hall–Kier alpha value is -3.09. The largest absolute Gasteiger partial charge is 0.355 e. The quantitative estimate of drug-likeness (QED) is 0.408. The number of hydrogen-bond donors (Lipinski definition) is 1. The van der Waals surface area contributed by atoms with Gasteiger partial charge in [0.2, 0.25) is 11.8 Å². The van der Waals surface area contributed by atoms with Crippen LogP contribution in [0.2, 0.25) is 5.02 Å². The number of hydrogen-bond acceptors (Lipinski definition) is 4. The molecule has 0 radical (unpaired) electrons. The normalized spacial score (nSPS) is 16.9. The van der Waals surface area contributed by atoms with Gasteiger partial charge in [-0.05, 0) is 54.7 Å². The summed E-state index contributed by atoms with van der Waals surface area (Å²) in [4.78, 5) is 32.5. The fourth-order valence-corrected chi connectivity index (χ4v) is 5.14. The maximum absolute atomic E-state index is 13.1. The lowest BCUT2D eigenvalue weighted by Gasteiger charge is -2.32. The minimum absolute atomic E-state index is 0.0762. The summed E-state index contributed by atoms with van der Waals surface area (Å²) in [7, 11) is 0. The first kappa shape index (κ1) is 25.0. The van der Waals surface area contributed by atoms with Crippen molar-refractivity contribution in [3.63, 3.8) is 0 Å². The maximum atomic E-state index is 13.1. The molecule has 35 heavy (non-hydrogen) atoms. The van der Waals surface area contributed by atoms with Crippen LogP contribution in [-0.4, -0.2) is 40.2 Å². The van der Waals surface area contributed by atoms with Crippen LogP contribution in [0.25, 0.3) is 0 Å². The van der Waals surface area contributed by atoms with Crippen LogP contribution in [0.15, 0.2) is 89.9 Å². The molecular formula is C28H28ClN3O2S. The van der Waals surface area contributed by atoms with E-state index >= 15 is 0 Å². The molecule has 0 bridgehead atoms. The molecule has 1 aliphatic rings. The molecule has 1 aliphatic heterocycles. The second kappa shape index (κ2) is 12.6. The molecule has 1 heterocycles. The lowest BCUT2D eigenvalue weighted by molar-refractivity contribution is -0.130. The van der Waals surface area contributed by atoms with Gasteiger partial charge in [0.15, 0.2) is 5.17 Å². The van der Waals surface area contributed by atoms with Gasteiger partial charge in [0.05, 0.1) is 10.9 Å². The summed E-state index contributed by atoms with van der Waals surface area (Å²) in [5.41, 5.74) is 3.09. The molecule has 3 aromatic carbocycles. The summed E-state index contributed by atoms with van der Waals surface area (Å²) < 4.78 is 0. The van der Waals surface area contributed by atoms with Crippen molar-refractivity contribution in [3.8, 4) is 0 Å². The van der Waals surface area contributed by atoms with Crippen LogP contribution in [0.3, 0.4) is 0 Å². The van der Waals surface area contributed by atoms with E-state index < -0.39 is 5.25 Å². The second-order valence-corrected chi connectivity index (χ2v) is 9.95. The van der Waals surface area contributed by atoms with Crippen LogP contribution in [0.1, 0.15) is 24.0 Å². The average molecular weight is 506 g/mol. The zero-order valence-corrected chi connectivity index (χ0v) is 21.0. The van der Waals surface area contributed by atoms with Crippen molar-refractivity contribution in [2.75, 3.05) is 13.1 Å². The monoisotopic (exact) mass is 505 g/mol. The van der Waals surface area contributed by atoms with E-state index in [1.165, 1.54) is 17.3 Å². The predicted octanol–water partition coefficient (Wildman–Crippen LogP) is 5.65. The van der Waals surface area contributed by atoms with Crippen molar-refractivity contribution in [2.24, 2.45) is 4.99 Å². The van der Waals surface area contributed by atoms with Crippen molar-refractivity contribution in [1.29, 1.82) is 0 Å². The first-order chi connectivity index (χ1) is 17.1. The van der Waals surface area contributed by atoms with Crippen LogP contribution in [0, 0.1) is 0 Å². The molecule has 3 aromatic rings. The third-order valence-electron chi connectivity index (χ3n) is 5.73. The molecule has 1 fully saturated rings. The molecule has 1 N–H and O–H groups in total. The maximum Gasteiger partial charge on any atom is 0.234 e. The molecule has 0 aromatic heterocycles. The van der Waals surface area contributed by atoms with Gasteiger partial charge in [-0.3, -0.25) is 14.5 Å².